The Bertz CT molecular complexity index is 1530. The molecular weight excluding hydrogens is 829 g/mol. The van der Waals surface area contributed by atoms with E-state index < -0.39 is 12.1 Å². The number of carbonyl (C=O) groups is 3. The second kappa shape index (κ2) is 53.9. The van der Waals surface area contributed by atoms with Crippen molar-refractivity contribution in [2.24, 2.45) is 0 Å². The Balaban J connectivity index is 4.64. The highest BCUT2D eigenvalue weighted by Crippen LogP contribution is 2.11. The summed E-state index contributed by atoms with van der Waals surface area (Å²) in [5, 5.41) is 0. The summed E-state index contributed by atoms with van der Waals surface area (Å²) in [6.07, 6.45) is 76.9. The van der Waals surface area contributed by atoms with E-state index in [0.717, 1.165) is 96.3 Å². The molecule has 0 aliphatic heterocycles. The van der Waals surface area contributed by atoms with Gasteiger partial charge in [0.15, 0.2) is 6.10 Å². The summed E-state index contributed by atoms with van der Waals surface area (Å²) >= 11 is 0. The largest absolute Gasteiger partial charge is 0.462 e. The summed E-state index contributed by atoms with van der Waals surface area (Å²) in [6, 6.07) is 0. The first-order valence-electron chi connectivity index (χ1n) is 26.4. The van der Waals surface area contributed by atoms with Gasteiger partial charge in [-0.1, -0.05) is 212 Å². The zero-order valence-corrected chi connectivity index (χ0v) is 42.6. The van der Waals surface area contributed by atoms with Crippen molar-refractivity contribution in [3.63, 3.8) is 0 Å². The van der Waals surface area contributed by atoms with Crippen molar-refractivity contribution in [3.8, 4) is 0 Å². The van der Waals surface area contributed by atoms with Gasteiger partial charge >= 0.3 is 17.9 Å². The SMILES string of the molecule is CC\C=C/C=C\C=C/C=C\CCCCCCCC(=O)OCC(COC(=O)CCC/C=C\C/C=C\C/C=C\C/C=C\CCCCC)OC(=O)CCC/C=C\C/C=C\C/C=C\C/C=C\CCCCC. The highest BCUT2D eigenvalue weighted by Gasteiger charge is 2.19. The maximum absolute atomic E-state index is 12.8. The quantitative estimate of drug-likeness (QED) is 0.0199. The Morgan fingerprint density at radius 1 is 0.328 bits per heavy atom. The molecule has 0 aromatic rings. The highest BCUT2D eigenvalue weighted by molar-refractivity contribution is 5.71. The van der Waals surface area contributed by atoms with E-state index in [1.807, 2.05) is 24.3 Å². The number of rotatable bonds is 45. The molecule has 0 rings (SSSR count). The van der Waals surface area contributed by atoms with E-state index in [1.54, 1.807) is 0 Å². The Kier molecular flexibility index (Phi) is 50.1. The van der Waals surface area contributed by atoms with Crippen molar-refractivity contribution in [1.82, 2.24) is 0 Å². The molecule has 0 bridgehead atoms. The van der Waals surface area contributed by atoms with Gasteiger partial charge in [0.05, 0.1) is 0 Å². The number of hydrogen-bond donors (Lipinski definition) is 0. The average molecular weight is 923 g/mol. The monoisotopic (exact) mass is 923 g/mol. The first kappa shape index (κ1) is 62.3. The topological polar surface area (TPSA) is 78.9 Å². The third-order valence-corrected chi connectivity index (χ3v) is 10.4. The van der Waals surface area contributed by atoms with Gasteiger partial charge in [0.1, 0.15) is 13.2 Å². The van der Waals surface area contributed by atoms with Gasteiger partial charge in [-0.15, -0.1) is 0 Å². The molecule has 0 aliphatic carbocycles. The lowest BCUT2D eigenvalue weighted by Gasteiger charge is -2.18. The lowest BCUT2D eigenvalue weighted by Crippen LogP contribution is -2.30. The van der Waals surface area contributed by atoms with Crippen LogP contribution < -0.4 is 0 Å². The Morgan fingerprint density at radius 3 is 1.10 bits per heavy atom. The van der Waals surface area contributed by atoms with Crippen LogP contribution in [0.2, 0.25) is 0 Å². The molecule has 6 heteroatoms. The maximum atomic E-state index is 12.8. The standard InChI is InChI=1S/C61H94O6/c1-4-7-10-13-16-19-22-25-28-30-33-36-39-42-45-48-51-54-60(63)66-57-58(56-65-59(62)53-50-47-44-41-38-35-32-27-24-21-18-15-12-9-6-3)67-61(64)55-52-49-46-43-40-37-34-31-29-26-23-20-17-14-11-8-5-2/h9,12,15-21,24-29,32-34,36-37,42-43,45-46,58H,4-8,10-11,13-14,22-23,30-31,35,38-41,44,47-57H2,1-3H3/b12-9-,18-15-,19-16-,20-17-,24-21-,28-25-,29-26-,32-27-,36-33-,37-34-,45-42-,46-43-. The molecule has 0 heterocycles. The second-order valence-electron chi connectivity index (χ2n) is 16.8. The van der Waals surface area contributed by atoms with Crippen molar-refractivity contribution in [3.05, 3.63) is 146 Å². The molecule has 1 unspecified atom stereocenters. The van der Waals surface area contributed by atoms with Crippen molar-refractivity contribution < 1.29 is 28.6 Å². The van der Waals surface area contributed by atoms with E-state index in [9.17, 15) is 14.4 Å². The molecule has 0 spiro atoms. The molecule has 0 aromatic carbocycles. The smallest absolute Gasteiger partial charge is 0.306 e. The number of hydrogen-bond acceptors (Lipinski definition) is 6. The maximum Gasteiger partial charge on any atom is 0.306 e. The predicted octanol–water partition coefficient (Wildman–Crippen LogP) is 17.6. The van der Waals surface area contributed by atoms with Crippen LogP contribution in [0.4, 0.5) is 0 Å². The molecule has 1 atom stereocenters. The van der Waals surface area contributed by atoms with E-state index in [0.29, 0.717) is 19.3 Å². The molecule has 67 heavy (non-hydrogen) atoms. The molecule has 6 nitrogen and oxygen atoms in total. The molecular formula is C61H94O6. The number of unbranched alkanes of at least 4 members (excludes halogenated alkanes) is 13. The molecule has 374 valence electrons. The number of allylic oxidation sites excluding steroid dienone is 24. The van der Waals surface area contributed by atoms with Crippen molar-refractivity contribution >= 4 is 17.9 Å². The molecule has 0 aliphatic rings. The van der Waals surface area contributed by atoms with Crippen LogP contribution in [0, 0.1) is 0 Å². The molecule has 0 saturated carbocycles. The minimum absolute atomic E-state index is 0.136. The van der Waals surface area contributed by atoms with Gasteiger partial charge in [-0.2, -0.15) is 0 Å². The minimum Gasteiger partial charge on any atom is -0.462 e. The van der Waals surface area contributed by atoms with Crippen LogP contribution in [0.1, 0.15) is 201 Å². The van der Waals surface area contributed by atoms with E-state index in [-0.39, 0.29) is 38.0 Å². The van der Waals surface area contributed by atoms with Crippen LogP contribution in [0.5, 0.6) is 0 Å². The first-order valence-corrected chi connectivity index (χ1v) is 26.4. The van der Waals surface area contributed by atoms with E-state index in [4.69, 9.17) is 14.2 Å². The van der Waals surface area contributed by atoms with Crippen molar-refractivity contribution in [2.45, 2.75) is 207 Å². The zero-order chi connectivity index (χ0) is 48.6. The first-order chi connectivity index (χ1) is 33.0. The minimum atomic E-state index is -0.845. The Morgan fingerprint density at radius 2 is 0.657 bits per heavy atom. The van der Waals surface area contributed by atoms with Gasteiger partial charge in [0, 0.05) is 19.3 Å². The van der Waals surface area contributed by atoms with E-state index in [1.165, 1.54) is 51.4 Å². The number of ether oxygens (including phenoxy) is 3. The summed E-state index contributed by atoms with van der Waals surface area (Å²) < 4.78 is 16.7. The van der Waals surface area contributed by atoms with Crippen molar-refractivity contribution in [1.29, 1.82) is 0 Å². The van der Waals surface area contributed by atoms with Crippen molar-refractivity contribution in [2.75, 3.05) is 13.2 Å². The molecule has 0 aromatic heterocycles. The lowest BCUT2D eigenvalue weighted by molar-refractivity contribution is -0.167. The van der Waals surface area contributed by atoms with Gasteiger partial charge in [-0.25, -0.2) is 0 Å². The third kappa shape index (κ3) is 52.1. The summed E-state index contributed by atoms with van der Waals surface area (Å²) in [4.78, 5) is 38.0. The van der Waals surface area contributed by atoms with Gasteiger partial charge in [0.2, 0.25) is 0 Å². The lowest BCUT2D eigenvalue weighted by atomic mass is 10.1. The van der Waals surface area contributed by atoms with Gasteiger partial charge in [-0.05, 0) is 116 Å². The normalized spacial score (nSPS) is 13.3. The van der Waals surface area contributed by atoms with Crippen LogP contribution in [0.3, 0.4) is 0 Å². The molecule has 0 amide bonds. The fourth-order valence-electron chi connectivity index (χ4n) is 6.44. The fourth-order valence-corrected chi connectivity index (χ4v) is 6.44. The van der Waals surface area contributed by atoms with E-state index >= 15 is 0 Å². The van der Waals surface area contributed by atoms with Gasteiger partial charge in [-0.3, -0.25) is 14.4 Å². The molecule has 0 saturated heterocycles. The van der Waals surface area contributed by atoms with Crippen LogP contribution in [0.25, 0.3) is 0 Å². The Labute approximate surface area is 410 Å². The molecule has 0 N–H and O–H groups in total. The average Bonchev–Trinajstić information content (AvgIpc) is 3.33. The van der Waals surface area contributed by atoms with Crippen LogP contribution in [0.15, 0.2) is 146 Å². The Hall–Kier alpha value is -4.71. The summed E-state index contributed by atoms with van der Waals surface area (Å²) in [7, 11) is 0. The van der Waals surface area contributed by atoms with E-state index in [2.05, 4.69) is 142 Å². The number of carbonyl (C=O) groups excluding carboxylic acids is 3. The zero-order valence-electron chi connectivity index (χ0n) is 42.6. The van der Waals surface area contributed by atoms with Gasteiger partial charge in [0.25, 0.3) is 0 Å². The highest BCUT2D eigenvalue weighted by atomic mass is 16.6. The molecule has 0 fully saturated rings. The van der Waals surface area contributed by atoms with Crippen LogP contribution in [-0.4, -0.2) is 37.2 Å². The van der Waals surface area contributed by atoms with Crippen LogP contribution in [-0.2, 0) is 28.6 Å². The third-order valence-electron chi connectivity index (χ3n) is 10.4. The van der Waals surface area contributed by atoms with Gasteiger partial charge < -0.3 is 14.2 Å². The number of esters is 3. The summed E-state index contributed by atoms with van der Waals surface area (Å²) in [5.41, 5.74) is 0. The molecule has 0 radical (unpaired) electrons. The summed E-state index contributed by atoms with van der Waals surface area (Å²) in [6.45, 7) is 6.30. The second-order valence-corrected chi connectivity index (χ2v) is 16.8. The van der Waals surface area contributed by atoms with Crippen LogP contribution >= 0.6 is 0 Å². The predicted molar refractivity (Wildman–Crippen MR) is 288 cm³/mol. The fraction of sp³-hybridized carbons (Fsp3) is 0.557. The summed E-state index contributed by atoms with van der Waals surface area (Å²) in [5.74, 6) is -1.08.